The lowest BCUT2D eigenvalue weighted by Gasteiger charge is -2.07. The molecule has 0 aliphatic rings. The molecular formula is C20H17NO2S. The zero-order chi connectivity index (χ0) is 16.8. The van der Waals surface area contributed by atoms with E-state index in [1.807, 2.05) is 73.0 Å². The molecule has 2 aromatic carbocycles. The Balaban J connectivity index is 1.59. The summed E-state index contributed by atoms with van der Waals surface area (Å²) in [6, 6.07) is 19.1. The average molecular weight is 335 g/mol. The van der Waals surface area contributed by atoms with Crippen LogP contribution < -0.4 is 10.1 Å². The van der Waals surface area contributed by atoms with Gasteiger partial charge in [-0.05, 0) is 66.4 Å². The first-order valence-electron chi connectivity index (χ1n) is 7.56. The molecule has 0 saturated heterocycles. The van der Waals surface area contributed by atoms with Gasteiger partial charge in [0.25, 0.3) is 0 Å². The summed E-state index contributed by atoms with van der Waals surface area (Å²) in [5, 5.41) is 4.80. The average Bonchev–Trinajstić information content (AvgIpc) is 3.08. The van der Waals surface area contributed by atoms with E-state index in [0.717, 1.165) is 27.6 Å². The second-order valence-electron chi connectivity index (χ2n) is 5.28. The quantitative estimate of drug-likeness (QED) is 0.625. The monoisotopic (exact) mass is 335 g/mol. The van der Waals surface area contributed by atoms with Gasteiger partial charge in [0.05, 0.1) is 0 Å². The van der Waals surface area contributed by atoms with Crippen molar-refractivity contribution in [2.45, 2.75) is 6.92 Å². The van der Waals surface area contributed by atoms with Gasteiger partial charge in [-0.2, -0.15) is 0 Å². The van der Waals surface area contributed by atoms with Gasteiger partial charge in [-0.25, -0.2) is 0 Å². The van der Waals surface area contributed by atoms with Crippen molar-refractivity contribution in [1.82, 2.24) is 0 Å². The summed E-state index contributed by atoms with van der Waals surface area (Å²) in [4.78, 5) is 12.9. The minimum Gasteiger partial charge on any atom is -0.457 e. The third-order valence-corrected chi connectivity index (χ3v) is 4.13. The first-order chi connectivity index (χ1) is 11.7. The molecule has 3 aromatic rings. The Labute approximate surface area is 145 Å². The number of amides is 1. The van der Waals surface area contributed by atoms with Crippen LogP contribution in [-0.2, 0) is 4.79 Å². The summed E-state index contributed by atoms with van der Waals surface area (Å²) >= 11 is 1.59. The number of carbonyl (C=O) groups excluding carboxylic acids is 1. The maximum absolute atomic E-state index is 11.9. The smallest absolute Gasteiger partial charge is 0.248 e. The lowest BCUT2D eigenvalue weighted by Crippen LogP contribution is -2.07. The highest BCUT2D eigenvalue weighted by Gasteiger charge is 2.01. The molecule has 4 heteroatoms. The fraction of sp³-hybridized carbons (Fsp3) is 0.0500. The molecule has 1 heterocycles. The molecule has 0 aliphatic heterocycles. The van der Waals surface area contributed by atoms with Gasteiger partial charge in [-0.3, -0.25) is 4.79 Å². The minimum absolute atomic E-state index is 0.157. The van der Waals surface area contributed by atoms with E-state index in [0.29, 0.717) is 0 Å². The van der Waals surface area contributed by atoms with Crippen molar-refractivity contribution in [3.63, 3.8) is 0 Å². The van der Waals surface area contributed by atoms with Gasteiger partial charge in [0.15, 0.2) is 0 Å². The lowest BCUT2D eigenvalue weighted by molar-refractivity contribution is -0.111. The van der Waals surface area contributed by atoms with E-state index in [9.17, 15) is 4.79 Å². The molecule has 3 rings (SSSR count). The number of hydrogen-bond acceptors (Lipinski definition) is 3. The van der Waals surface area contributed by atoms with E-state index in [1.165, 1.54) is 6.08 Å². The van der Waals surface area contributed by atoms with Gasteiger partial charge < -0.3 is 10.1 Å². The van der Waals surface area contributed by atoms with Gasteiger partial charge in [-0.15, -0.1) is 11.3 Å². The normalized spacial score (nSPS) is 10.7. The third kappa shape index (κ3) is 4.57. The Hall–Kier alpha value is -2.85. The van der Waals surface area contributed by atoms with Gasteiger partial charge in [0.2, 0.25) is 5.91 Å². The molecular weight excluding hydrogens is 318 g/mol. The van der Waals surface area contributed by atoms with Gasteiger partial charge in [0.1, 0.15) is 11.5 Å². The Kier molecular flexibility index (Phi) is 5.08. The number of aryl methyl sites for hydroxylation is 1. The topological polar surface area (TPSA) is 38.3 Å². The predicted octanol–water partition coefficient (Wildman–Crippen LogP) is 5.50. The Morgan fingerprint density at radius 1 is 1.04 bits per heavy atom. The van der Waals surface area contributed by atoms with Crippen LogP contribution in [0.2, 0.25) is 0 Å². The number of rotatable bonds is 5. The fourth-order valence-corrected chi connectivity index (χ4v) is 2.77. The molecule has 0 aliphatic carbocycles. The fourth-order valence-electron chi connectivity index (χ4n) is 2.15. The van der Waals surface area contributed by atoms with E-state index in [-0.39, 0.29) is 5.91 Å². The zero-order valence-corrected chi connectivity index (χ0v) is 14.0. The van der Waals surface area contributed by atoms with E-state index in [2.05, 4.69) is 5.32 Å². The highest BCUT2D eigenvalue weighted by Crippen LogP contribution is 2.23. The molecule has 1 aromatic heterocycles. The van der Waals surface area contributed by atoms with Crippen LogP contribution >= 0.6 is 11.3 Å². The van der Waals surface area contributed by atoms with Crippen molar-refractivity contribution < 1.29 is 9.53 Å². The van der Waals surface area contributed by atoms with Crippen LogP contribution in [0, 0.1) is 6.92 Å². The van der Waals surface area contributed by atoms with Crippen LogP contribution in [0.25, 0.3) is 6.08 Å². The summed E-state index contributed by atoms with van der Waals surface area (Å²) in [5.41, 5.74) is 1.88. The van der Waals surface area contributed by atoms with E-state index in [4.69, 9.17) is 4.74 Å². The van der Waals surface area contributed by atoms with Crippen molar-refractivity contribution in [3.05, 3.63) is 82.6 Å². The first-order valence-corrected chi connectivity index (χ1v) is 8.44. The molecule has 1 N–H and O–H groups in total. The van der Waals surface area contributed by atoms with Gasteiger partial charge in [0, 0.05) is 16.6 Å². The van der Waals surface area contributed by atoms with Crippen molar-refractivity contribution in [3.8, 4) is 11.5 Å². The van der Waals surface area contributed by atoms with E-state index < -0.39 is 0 Å². The molecule has 0 unspecified atom stereocenters. The molecule has 0 atom stereocenters. The van der Waals surface area contributed by atoms with Crippen LogP contribution in [-0.4, -0.2) is 5.91 Å². The maximum atomic E-state index is 11.9. The van der Waals surface area contributed by atoms with Gasteiger partial charge >= 0.3 is 0 Å². The van der Waals surface area contributed by atoms with Crippen LogP contribution in [0.4, 0.5) is 5.69 Å². The first kappa shape index (κ1) is 16.0. The summed E-state index contributed by atoms with van der Waals surface area (Å²) < 4.78 is 5.79. The summed E-state index contributed by atoms with van der Waals surface area (Å²) in [5.74, 6) is 1.37. The predicted molar refractivity (Wildman–Crippen MR) is 99.7 cm³/mol. The van der Waals surface area contributed by atoms with Crippen molar-refractivity contribution in [2.75, 3.05) is 5.32 Å². The highest BCUT2D eigenvalue weighted by atomic mass is 32.1. The van der Waals surface area contributed by atoms with Crippen LogP contribution in [0.1, 0.15) is 10.4 Å². The summed E-state index contributed by atoms with van der Waals surface area (Å²) in [7, 11) is 0. The van der Waals surface area contributed by atoms with Gasteiger partial charge in [-0.1, -0.05) is 18.2 Å². The molecule has 1 amide bonds. The molecule has 0 radical (unpaired) electrons. The SMILES string of the molecule is Cc1cccc(Oc2ccc(NC(=O)C=Cc3cccs3)cc2)c1. The number of nitrogens with one attached hydrogen (secondary N) is 1. The zero-order valence-electron chi connectivity index (χ0n) is 13.2. The highest BCUT2D eigenvalue weighted by molar-refractivity contribution is 7.10. The maximum Gasteiger partial charge on any atom is 0.248 e. The number of hydrogen-bond donors (Lipinski definition) is 1. The second-order valence-corrected chi connectivity index (χ2v) is 6.26. The molecule has 0 spiro atoms. The summed E-state index contributed by atoms with van der Waals surface area (Å²) in [6.07, 6.45) is 3.33. The van der Waals surface area contributed by atoms with Crippen molar-refractivity contribution >= 4 is 29.0 Å². The molecule has 0 saturated carbocycles. The molecule has 3 nitrogen and oxygen atoms in total. The lowest BCUT2D eigenvalue weighted by atomic mass is 10.2. The molecule has 120 valence electrons. The minimum atomic E-state index is -0.157. The number of ether oxygens (including phenoxy) is 1. The standard InChI is InChI=1S/C20H17NO2S/c1-15-4-2-5-18(14-15)23-17-9-7-16(8-10-17)21-20(22)12-11-19-6-3-13-24-19/h2-14H,1H3,(H,21,22). The number of benzene rings is 2. The van der Waals surface area contributed by atoms with Crippen LogP contribution in [0.5, 0.6) is 11.5 Å². The Morgan fingerprint density at radius 3 is 2.58 bits per heavy atom. The number of thiophene rings is 1. The largest absolute Gasteiger partial charge is 0.457 e. The van der Waals surface area contributed by atoms with Crippen molar-refractivity contribution in [1.29, 1.82) is 0 Å². The third-order valence-electron chi connectivity index (χ3n) is 3.29. The van der Waals surface area contributed by atoms with Crippen molar-refractivity contribution in [2.24, 2.45) is 0 Å². The summed E-state index contributed by atoms with van der Waals surface area (Å²) in [6.45, 7) is 2.02. The van der Waals surface area contributed by atoms with E-state index in [1.54, 1.807) is 17.4 Å². The second kappa shape index (κ2) is 7.62. The molecule has 0 fully saturated rings. The number of anilines is 1. The Morgan fingerprint density at radius 2 is 1.88 bits per heavy atom. The number of carbonyl (C=O) groups is 1. The van der Waals surface area contributed by atoms with Crippen LogP contribution in [0.3, 0.4) is 0 Å². The van der Waals surface area contributed by atoms with E-state index >= 15 is 0 Å². The Bertz CT molecular complexity index is 836. The van der Waals surface area contributed by atoms with Crippen LogP contribution in [0.15, 0.2) is 72.1 Å². The molecule has 24 heavy (non-hydrogen) atoms. The molecule has 0 bridgehead atoms.